The highest BCUT2D eigenvalue weighted by Gasteiger charge is 2.54. The van der Waals surface area contributed by atoms with E-state index in [2.05, 4.69) is 20.8 Å². The topological polar surface area (TPSA) is 43.4 Å². The van der Waals surface area contributed by atoms with Crippen LogP contribution in [0.2, 0.25) is 0 Å². The van der Waals surface area contributed by atoms with Crippen molar-refractivity contribution in [2.75, 3.05) is 0 Å². The Bertz CT molecular complexity index is 726. The number of ketones is 2. The molecule has 22 heavy (non-hydrogen) atoms. The van der Waals surface area contributed by atoms with Crippen molar-refractivity contribution < 1.29 is 14.3 Å². The van der Waals surface area contributed by atoms with E-state index in [1.807, 2.05) is 12.1 Å². The fourth-order valence-electron chi connectivity index (χ4n) is 4.59. The van der Waals surface area contributed by atoms with Gasteiger partial charge in [-0.2, -0.15) is 0 Å². The van der Waals surface area contributed by atoms with Gasteiger partial charge in [-0.25, -0.2) is 0 Å². The second kappa shape index (κ2) is 4.31. The van der Waals surface area contributed by atoms with Gasteiger partial charge in [-0.1, -0.05) is 31.2 Å². The molecule has 0 bridgehead atoms. The number of rotatable bonds is 0. The third-order valence-corrected chi connectivity index (χ3v) is 5.68. The smallest absolute Gasteiger partial charge is 0.234 e. The Hall–Kier alpha value is -1.90. The predicted octanol–water partition coefficient (Wildman–Crippen LogP) is 3.63. The molecule has 0 spiro atoms. The Labute approximate surface area is 130 Å². The molecule has 0 saturated heterocycles. The van der Waals surface area contributed by atoms with Crippen molar-refractivity contribution in [1.29, 1.82) is 0 Å². The minimum atomic E-state index is -0.379. The van der Waals surface area contributed by atoms with Crippen molar-refractivity contribution in [3.63, 3.8) is 0 Å². The first kappa shape index (κ1) is 13.7. The van der Waals surface area contributed by atoms with Gasteiger partial charge in [0.25, 0.3) is 0 Å². The zero-order valence-corrected chi connectivity index (χ0v) is 13.2. The summed E-state index contributed by atoms with van der Waals surface area (Å²) < 4.78 is 6.29. The van der Waals surface area contributed by atoms with Crippen LogP contribution >= 0.6 is 0 Å². The molecule has 1 heterocycles. The molecule has 1 saturated carbocycles. The summed E-state index contributed by atoms with van der Waals surface area (Å²) in [5.74, 6) is 0.788. The molecule has 3 atom stereocenters. The normalized spacial score (nSPS) is 32.2. The number of ether oxygens (including phenoxy) is 1. The molecule has 0 N–H and O–H groups in total. The fraction of sp³-hybridized carbons (Fsp3) is 0.474. The van der Waals surface area contributed by atoms with Gasteiger partial charge >= 0.3 is 0 Å². The number of Topliss-reactive ketones (excluding diaryl/α,β-unsaturated/α-hetero) is 2. The predicted molar refractivity (Wildman–Crippen MR) is 83.2 cm³/mol. The van der Waals surface area contributed by atoms with E-state index in [1.165, 1.54) is 0 Å². The molecule has 1 aromatic rings. The summed E-state index contributed by atoms with van der Waals surface area (Å²) in [6, 6.07) is 7.31. The van der Waals surface area contributed by atoms with Gasteiger partial charge in [0.1, 0.15) is 11.4 Å². The number of hydrogen-bond acceptors (Lipinski definition) is 3. The summed E-state index contributed by atoms with van der Waals surface area (Å²) >= 11 is 0. The summed E-state index contributed by atoms with van der Waals surface area (Å²) in [6.07, 6.45) is 2.14. The number of carbonyl (C=O) groups is 2. The SMILES string of the molecule is C[C@H]1CC[C@@H]2[C@@H]1C1=C(OC2(C)C)c2ccccc2C(=O)C1=O. The molecule has 3 nitrogen and oxygen atoms in total. The van der Waals surface area contributed by atoms with Crippen LogP contribution in [0.5, 0.6) is 0 Å². The summed E-state index contributed by atoms with van der Waals surface area (Å²) in [7, 11) is 0. The van der Waals surface area contributed by atoms with Gasteiger partial charge in [-0.15, -0.1) is 0 Å². The number of fused-ring (bicyclic) bond motifs is 4. The largest absolute Gasteiger partial charge is 0.486 e. The van der Waals surface area contributed by atoms with Gasteiger partial charge in [0.15, 0.2) is 0 Å². The van der Waals surface area contributed by atoms with Crippen LogP contribution < -0.4 is 0 Å². The van der Waals surface area contributed by atoms with E-state index in [4.69, 9.17) is 4.74 Å². The Balaban J connectivity index is 2.00. The standard InChI is InChI=1S/C19H20O3/c1-10-8-9-13-14(10)15-17(21)16(20)11-6-4-5-7-12(11)18(15)22-19(13,2)3/h4-7,10,13-14H,8-9H2,1-3H3/t10-,13+,14+/m0/s1. The molecule has 3 aliphatic rings. The van der Waals surface area contributed by atoms with E-state index in [0.29, 0.717) is 28.7 Å². The van der Waals surface area contributed by atoms with Crippen molar-refractivity contribution in [2.45, 2.75) is 39.2 Å². The van der Waals surface area contributed by atoms with Crippen LogP contribution in [0.25, 0.3) is 5.76 Å². The van der Waals surface area contributed by atoms with E-state index >= 15 is 0 Å². The quantitative estimate of drug-likeness (QED) is 0.687. The lowest BCUT2D eigenvalue weighted by Crippen LogP contribution is -2.46. The van der Waals surface area contributed by atoms with Crippen LogP contribution in [-0.4, -0.2) is 17.2 Å². The lowest BCUT2D eigenvalue weighted by atomic mass is 9.69. The first-order valence-electron chi connectivity index (χ1n) is 8.03. The van der Waals surface area contributed by atoms with Gasteiger partial charge < -0.3 is 4.74 Å². The van der Waals surface area contributed by atoms with E-state index in [0.717, 1.165) is 18.4 Å². The highest BCUT2D eigenvalue weighted by Crippen LogP contribution is 2.55. The van der Waals surface area contributed by atoms with Crippen LogP contribution in [0.1, 0.15) is 49.5 Å². The van der Waals surface area contributed by atoms with Crippen LogP contribution in [0.4, 0.5) is 0 Å². The van der Waals surface area contributed by atoms with Crippen molar-refractivity contribution in [1.82, 2.24) is 0 Å². The molecule has 1 aromatic carbocycles. The van der Waals surface area contributed by atoms with Gasteiger partial charge in [-0.05, 0) is 32.6 Å². The first-order chi connectivity index (χ1) is 10.4. The minimum absolute atomic E-state index is 0.142. The average Bonchev–Trinajstić information content (AvgIpc) is 2.88. The molecule has 0 radical (unpaired) electrons. The summed E-state index contributed by atoms with van der Waals surface area (Å²) in [6.45, 7) is 6.40. The highest BCUT2D eigenvalue weighted by molar-refractivity contribution is 6.52. The van der Waals surface area contributed by atoms with E-state index in [9.17, 15) is 9.59 Å². The number of carbonyl (C=O) groups excluding carboxylic acids is 2. The maximum atomic E-state index is 12.7. The Kier molecular flexibility index (Phi) is 2.69. The number of hydrogen-bond donors (Lipinski definition) is 0. The second-order valence-corrected chi connectivity index (χ2v) is 7.34. The zero-order valence-electron chi connectivity index (χ0n) is 13.2. The fourth-order valence-corrected chi connectivity index (χ4v) is 4.59. The van der Waals surface area contributed by atoms with Crippen LogP contribution in [0, 0.1) is 17.8 Å². The molecule has 1 fully saturated rings. The number of benzene rings is 1. The summed E-state index contributed by atoms with van der Waals surface area (Å²) in [5, 5.41) is 0. The summed E-state index contributed by atoms with van der Waals surface area (Å²) in [5.41, 5.74) is 1.60. The van der Waals surface area contributed by atoms with Crippen molar-refractivity contribution in [2.24, 2.45) is 17.8 Å². The van der Waals surface area contributed by atoms with E-state index < -0.39 is 0 Å². The van der Waals surface area contributed by atoms with E-state index in [1.54, 1.807) is 12.1 Å². The average molecular weight is 296 g/mol. The van der Waals surface area contributed by atoms with Crippen LogP contribution in [0.15, 0.2) is 29.8 Å². The van der Waals surface area contributed by atoms with E-state index in [-0.39, 0.29) is 23.1 Å². The maximum Gasteiger partial charge on any atom is 0.234 e. The molecule has 0 aromatic heterocycles. The molecular weight excluding hydrogens is 276 g/mol. The Morgan fingerprint density at radius 2 is 1.73 bits per heavy atom. The van der Waals surface area contributed by atoms with Crippen molar-refractivity contribution in [3.05, 3.63) is 41.0 Å². The molecule has 0 unspecified atom stereocenters. The Morgan fingerprint density at radius 1 is 1.05 bits per heavy atom. The van der Waals surface area contributed by atoms with Gasteiger partial charge in [-0.3, -0.25) is 9.59 Å². The van der Waals surface area contributed by atoms with Gasteiger partial charge in [0.05, 0.1) is 5.57 Å². The third-order valence-electron chi connectivity index (χ3n) is 5.68. The van der Waals surface area contributed by atoms with Crippen molar-refractivity contribution in [3.8, 4) is 0 Å². The number of allylic oxidation sites excluding steroid dienone is 1. The minimum Gasteiger partial charge on any atom is -0.486 e. The second-order valence-electron chi connectivity index (χ2n) is 7.34. The summed E-state index contributed by atoms with van der Waals surface area (Å²) in [4.78, 5) is 25.2. The van der Waals surface area contributed by atoms with Crippen LogP contribution in [-0.2, 0) is 9.53 Å². The van der Waals surface area contributed by atoms with Gasteiger partial charge in [0, 0.05) is 23.0 Å². The lowest BCUT2D eigenvalue weighted by Gasteiger charge is -2.45. The molecule has 0 amide bonds. The van der Waals surface area contributed by atoms with Crippen molar-refractivity contribution >= 4 is 17.3 Å². The maximum absolute atomic E-state index is 12.7. The Morgan fingerprint density at radius 3 is 2.45 bits per heavy atom. The third kappa shape index (κ3) is 1.62. The molecule has 2 aliphatic carbocycles. The van der Waals surface area contributed by atoms with Crippen LogP contribution in [0.3, 0.4) is 0 Å². The molecule has 4 rings (SSSR count). The lowest BCUT2D eigenvalue weighted by molar-refractivity contribution is -0.114. The molecule has 1 aliphatic heterocycles. The molecular formula is C19H20O3. The van der Waals surface area contributed by atoms with Gasteiger partial charge in [0.2, 0.25) is 11.6 Å². The zero-order chi connectivity index (χ0) is 15.6. The first-order valence-corrected chi connectivity index (χ1v) is 8.03. The monoisotopic (exact) mass is 296 g/mol. The molecule has 3 heteroatoms. The highest BCUT2D eigenvalue weighted by atomic mass is 16.5. The molecule has 114 valence electrons.